The largest absolute Gasteiger partial charge is 0.239 e. The molecule has 1 aliphatic rings. The Kier molecular flexibility index (Phi) is 2.11. The van der Waals surface area contributed by atoms with Crippen LogP contribution in [0, 0.1) is 0 Å². The number of rotatable bonds is 0. The van der Waals surface area contributed by atoms with Crippen LogP contribution in [0.5, 0.6) is 0 Å². The minimum absolute atomic E-state index is 0.293. The normalized spacial score (nSPS) is 21.5. The van der Waals surface area contributed by atoms with Gasteiger partial charge >= 0.3 is 0 Å². The summed E-state index contributed by atoms with van der Waals surface area (Å²) in [4.78, 5) is 5.51. The van der Waals surface area contributed by atoms with Crippen molar-refractivity contribution < 1.29 is 0 Å². The summed E-state index contributed by atoms with van der Waals surface area (Å²) in [6.07, 6.45) is 0. The molecule has 0 spiro atoms. The number of thioether (sulfide) groups is 1. The van der Waals surface area contributed by atoms with Gasteiger partial charge < -0.3 is 0 Å². The van der Waals surface area contributed by atoms with Crippen molar-refractivity contribution in [2.45, 2.75) is 17.1 Å². The smallest absolute Gasteiger partial charge is 0.120 e. The highest BCUT2D eigenvalue weighted by molar-refractivity contribution is 8.01. The van der Waals surface area contributed by atoms with Gasteiger partial charge in [0.1, 0.15) is 5.17 Å². The van der Waals surface area contributed by atoms with Gasteiger partial charge in [-0.2, -0.15) is 0 Å². The summed E-state index contributed by atoms with van der Waals surface area (Å²) in [6, 6.07) is 8.05. The van der Waals surface area contributed by atoms with Crippen molar-refractivity contribution in [3.05, 3.63) is 24.3 Å². The number of hydrogen-bond acceptors (Lipinski definition) is 2. The topological polar surface area (TPSA) is 12.4 Å². The van der Waals surface area contributed by atoms with E-state index in [2.05, 4.69) is 18.0 Å². The second kappa shape index (κ2) is 3.11. The van der Waals surface area contributed by atoms with E-state index in [1.165, 1.54) is 4.90 Å². The maximum absolute atomic E-state index is 5.92. The Hall–Kier alpha value is -0.470. The third-order valence-electron chi connectivity index (χ3n) is 1.73. The molecule has 1 aromatic rings. The van der Waals surface area contributed by atoms with Gasteiger partial charge in [0.15, 0.2) is 0 Å². The van der Waals surface area contributed by atoms with Crippen LogP contribution in [0.15, 0.2) is 34.2 Å². The third kappa shape index (κ3) is 1.37. The Balaban J connectivity index is 2.49. The Labute approximate surface area is 80.8 Å². The van der Waals surface area contributed by atoms with E-state index in [-0.39, 0.29) is 0 Å². The van der Waals surface area contributed by atoms with E-state index in [1.807, 2.05) is 18.2 Å². The molecule has 0 aromatic heterocycles. The van der Waals surface area contributed by atoms with Gasteiger partial charge in [-0.25, -0.2) is 4.99 Å². The van der Waals surface area contributed by atoms with Crippen LogP contribution in [0.3, 0.4) is 0 Å². The van der Waals surface area contributed by atoms with Gasteiger partial charge in [-0.05, 0) is 19.1 Å². The first kappa shape index (κ1) is 8.14. The molecule has 0 radical (unpaired) electrons. The molecule has 1 aromatic carbocycles. The van der Waals surface area contributed by atoms with Crippen molar-refractivity contribution >= 4 is 34.2 Å². The molecular formula is C9H8ClNS. The Morgan fingerprint density at radius 1 is 1.42 bits per heavy atom. The van der Waals surface area contributed by atoms with Crippen LogP contribution < -0.4 is 0 Å². The van der Waals surface area contributed by atoms with E-state index >= 15 is 0 Å². The summed E-state index contributed by atoms with van der Waals surface area (Å²) in [5.41, 5.74) is 0.991. The lowest BCUT2D eigenvalue weighted by Crippen LogP contribution is -2.08. The molecule has 1 atom stereocenters. The monoisotopic (exact) mass is 197 g/mol. The van der Waals surface area contributed by atoms with Crippen molar-refractivity contribution in [1.29, 1.82) is 0 Å². The zero-order chi connectivity index (χ0) is 8.55. The van der Waals surface area contributed by atoms with Crippen molar-refractivity contribution in [1.82, 2.24) is 0 Å². The lowest BCUT2D eigenvalue weighted by Gasteiger charge is -2.16. The number of fused-ring (bicyclic) bond motifs is 1. The first-order chi connectivity index (χ1) is 5.77. The van der Waals surface area contributed by atoms with E-state index in [4.69, 9.17) is 11.6 Å². The zero-order valence-electron chi connectivity index (χ0n) is 6.62. The fourth-order valence-electron chi connectivity index (χ4n) is 1.09. The highest BCUT2D eigenvalue weighted by atomic mass is 35.5. The summed E-state index contributed by atoms with van der Waals surface area (Å²) in [7, 11) is 0. The molecule has 0 N–H and O–H groups in total. The maximum Gasteiger partial charge on any atom is 0.120 e. The van der Waals surface area contributed by atoms with Crippen LogP contribution in [0.1, 0.15) is 6.92 Å². The van der Waals surface area contributed by atoms with Crippen molar-refractivity contribution in [2.75, 3.05) is 0 Å². The molecule has 0 fully saturated rings. The van der Waals surface area contributed by atoms with Crippen molar-refractivity contribution in [3.8, 4) is 0 Å². The average molecular weight is 198 g/mol. The van der Waals surface area contributed by atoms with E-state index in [9.17, 15) is 0 Å². The van der Waals surface area contributed by atoms with E-state index < -0.39 is 0 Å². The van der Waals surface area contributed by atoms with Crippen LogP contribution in [0.4, 0.5) is 5.69 Å². The molecule has 12 heavy (non-hydrogen) atoms. The van der Waals surface area contributed by atoms with Gasteiger partial charge in [-0.3, -0.25) is 0 Å². The Morgan fingerprint density at radius 2 is 2.17 bits per heavy atom. The quantitative estimate of drug-likeness (QED) is 0.621. The molecule has 1 nitrogen and oxygen atoms in total. The minimum atomic E-state index is 0.293. The number of hydrogen-bond donors (Lipinski definition) is 0. The number of aliphatic imine (C=N–C) groups is 1. The fourth-order valence-corrected chi connectivity index (χ4v) is 2.24. The number of benzene rings is 1. The van der Waals surface area contributed by atoms with E-state index in [0.717, 1.165) is 5.69 Å². The Morgan fingerprint density at radius 3 is 3.00 bits per heavy atom. The SMILES string of the molecule is CC1Sc2ccccc2N=C1Cl. The van der Waals surface area contributed by atoms with Gasteiger partial charge in [0, 0.05) is 4.90 Å². The second-order valence-corrected chi connectivity index (χ2v) is 4.43. The van der Waals surface area contributed by atoms with Gasteiger partial charge in [-0.15, -0.1) is 11.8 Å². The first-order valence-electron chi connectivity index (χ1n) is 3.77. The minimum Gasteiger partial charge on any atom is -0.239 e. The molecule has 0 amide bonds. The van der Waals surface area contributed by atoms with E-state index in [1.54, 1.807) is 11.8 Å². The van der Waals surface area contributed by atoms with E-state index in [0.29, 0.717) is 10.4 Å². The van der Waals surface area contributed by atoms with Gasteiger partial charge in [0.2, 0.25) is 0 Å². The highest BCUT2D eigenvalue weighted by Crippen LogP contribution is 2.37. The molecule has 0 saturated heterocycles. The average Bonchev–Trinajstić information content (AvgIpc) is 2.07. The maximum atomic E-state index is 5.92. The van der Waals surface area contributed by atoms with Crippen LogP contribution in [-0.2, 0) is 0 Å². The number of para-hydroxylation sites is 1. The van der Waals surface area contributed by atoms with Crippen LogP contribution in [0.25, 0.3) is 0 Å². The van der Waals surface area contributed by atoms with Crippen LogP contribution in [0.2, 0.25) is 0 Å². The molecule has 3 heteroatoms. The second-order valence-electron chi connectivity index (χ2n) is 2.66. The van der Waals surface area contributed by atoms with Crippen LogP contribution >= 0.6 is 23.4 Å². The number of nitrogens with zero attached hydrogens (tertiary/aromatic N) is 1. The molecule has 1 heterocycles. The summed E-state index contributed by atoms with van der Waals surface area (Å²) >= 11 is 7.68. The number of halogens is 1. The molecule has 1 unspecified atom stereocenters. The summed E-state index contributed by atoms with van der Waals surface area (Å²) < 4.78 is 0. The van der Waals surface area contributed by atoms with Crippen molar-refractivity contribution in [2.24, 2.45) is 4.99 Å². The van der Waals surface area contributed by atoms with Crippen LogP contribution in [-0.4, -0.2) is 10.4 Å². The predicted octanol–water partition coefficient (Wildman–Crippen LogP) is 3.45. The summed E-state index contributed by atoms with van der Waals surface area (Å²) in [5.74, 6) is 0. The fraction of sp³-hybridized carbons (Fsp3) is 0.222. The lowest BCUT2D eigenvalue weighted by atomic mass is 10.3. The zero-order valence-corrected chi connectivity index (χ0v) is 8.19. The highest BCUT2D eigenvalue weighted by Gasteiger charge is 2.17. The Bertz CT molecular complexity index is 335. The molecule has 2 rings (SSSR count). The standard InChI is InChI=1S/C9H8ClNS/c1-6-9(10)11-7-4-2-3-5-8(7)12-6/h2-6H,1H3. The first-order valence-corrected chi connectivity index (χ1v) is 5.03. The van der Waals surface area contributed by atoms with Gasteiger partial charge in [0.25, 0.3) is 0 Å². The van der Waals surface area contributed by atoms with Crippen molar-refractivity contribution in [3.63, 3.8) is 0 Å². The molecule has 1 aliphatic heterocycles. The summed E-state index contributed by atoms with van der Waals surface area (Å²) in [5, 5.41) is 0.986. The molecule has 0 bridgehead atoms. The molecule has 0 aliphatic carbocycles. The predicted molar refractivity (Wildman–Crippen MR) is 54.7 cm³/mol. The van der Waals surface area contributed by atoms with Gasteiger partial charge in [0.05, 0.1) is 10.9 Å². The lowest BCUT2D eigenvalue weighted by molar-refractivity contribution is 1.25. The molecule has 0 saturated carbocycles. The third-order valence-corrected chi connectivity index (χ3v) is 3.45. The molecular weight excluding hydrogens is 190 g/mol. The van der Waals surface area contributed by atoms with Gasteiger partial charge in [-0.1, -0.05) is 23.7 Å². The summed E-state index contributed by atoms with van der Waals surface area (Å²) in [6.45, 7) is 2.06. The molecule has 62 valence electrons.